The summed E-state index contributed by atoms with van der Waals surface area (Å²) in [6.45, 7) is 3.73. The number of pyridine rings is 1. The van der Waals surface area contributed by atoms with Gasteiger partial charge >= 0.3 is 5.69 Å². The number of aryl methyl sites for hydroxylation is 3. The minimum atomic E-state index is -0.481. The van der Waals surface area contributed by atoms with Crippen molar-refractivity contribution in [2.75, 3.05) is 5.32 Å². The van der Waals surface area contributed by atoms with Crippen molar-refractivity contribution >= 4 is 22.6 Å². The van der Waals surface area contributed by atoms with Crippen molar-refractivity contribution in [3.63, 3.8) is 0 Å². The maximum absolute atomic E-state index is 12.6. The number of amides is 1. The van der Waals surface area contributed by atoms with Crippen LogP contribution in [0.25, 0.3) is 11.0 Å². The zero-order valence-electron chi connectivity index (χ0n) is 15.2. The van der Waals surface area contributed by atoms with Gasteiger partial charge in [-0.25, -0.2) is 9.78 Å². The predicted octanol–water partition coefficient (Wildman–Crippen LogP) is 1.43. The van der Waals surface area contributed by atoms with Crippen molar-refractivity contribution in [3.8, 4) is 0 Å². The van der Waals surface area contributed by atoms with Gasteiger partial charge in [0, 0.05) is 20.3 Å². The van der Waals surface area contributed by atoms with E-state index in [4.69, 9.17) is 0 Å². The van der Waals surface area contributed by atoms with Crippen LogP contribution in [0.1, 0.15) is 16.7 Å². The molecule has 0 aliphatic heterocycles. The van der Waals surface area contributed by atoms with Crippen LogP contribution in [-0.4, -0.2) is 20.0 Å². The van der Waals surface area contributed by atoms with Crippen molar-refractivity contribution in [2.45, 2.75) is 20.3 Å². The summed E-state index contributed by atoms with van der Waals surface area (Å²) in [6, 6.07) is 7.69. The number of carbonyl (C=O) groups is 1. The first-order valence-electron chi connectivity index (χ1n) is 8.20. The number of hydrogen-bond acceptors (Lipinski definition) is 4. The third-order valence-electron chi connectivity index (χ3n) is 4.37. The monoisotopic (exact) mass is 352 g/mol. The Bertz CT molecular complexity index is 1140. The second-order valence-electron chi connectivity index (χ2n) is 6.43. The first-order chi connectivity index (χ1) is 12.3. The molecular weight excluding hydrogens is 332 g/mol. The van der Waals surface area contributed by atoms with E-state index in [1.807, 2.05) is 31.2 Å². The second kappa shape index (κ2) is 6.59. The molecule has 0 unspecified atom stereocenters. The van der Waals surface area contributed by atoms with Gasteiger partial charge in [0.2, 0.25) is 5.91 Å². The SMILES string of the molecule is Cc1cccc(CC(=O)Nc2c(C)cnc3c2c(=O)n(C)c(=O)n3C)c1. The van der Waals surface area contributed by atoms with Crippen LogP contribution in [0, 0.1) is 13.8 Å². The molecule has 2 heterocycles. The third-order valence-corrected chi connectivity index (χ3v) is 4.37. The summed E-state index contributed by atoms with van der Waals surface area (Å²) in [5.74, 6) is -0.234. The Hall–Kier alpha value is -3.22. The number of nitrogens with zero attached hydrogens (tertiary/aromatic N) is 3. The van der Waals surface area contributed by atoms with Crippen LogP contribution in [0.15, 0.2) is 40.1 Å². The molecule has 1 N–H and O–H groups in total. The fraction of sp³-hybridized carbons (Fsp3) is 0.263. The lowest BCUT2D eigenvalue weighted by Crippen LogP contribution is -2.38. The van der Waals surface area contributed by atoms with E-state index in [2.05, 4.69) is 10.3 Å². The van der Waals surface area contributed by atoms with E-state index in [9.17, 15) is 14.4 Å². The van der Waals surface area contributed by atoms with Gasteiger partial charge in [0.25, 0.3) is 5.56 Å². The molecule has 7 heteroatoms. The summed E-state index contributed by atoms with van der Waals surface area (Å²) >= 11 is 0. The highest BCUT2D eigenvalue weighted by atomic mass is 16.2. The molecule has 7 nitrogen and oxygen atoms in total. The largest absolute Gasteiger partial charge is 0.332 e. The van der Waals surface area contributed by atoms with Gasteiger partial charge in [-0.15, -0.1) is 0 Å². The zero-order chi connectivity index (χ0) is 19.0. The normalized spacial score (nSPS) is 10.9. The number of aromatic nitrogens is 3. The van der Waals surface area contributed by atoms with E-state index in [-0.39, 0.29) is 23.4 Å². The van der Waals surface area contributed by atoms with Gasteiger partial charge in [0.15, 0.2) is 5.65 Å². The summed E-state index contributed by atoms with van der Waals surface area (Å²) in [5, 5.41) is 3.06. The number of fused-ring (bicyclic) bond motifs is 1. The highest BCUT2D eigenvalue weighted by Gasteiger charge is 2.17. The second-order valence-corrected chi connectivity index (χ2v) is 6.43. The van der Waals surface area contributed by atoms with E-state index in [0.717, 1.165) is 15.7 Å². The van der Waals surface area contributed by atoms with Gasteiger partial charge in [-0.3, -0.25) is 18.7 Å². The van der Waals surface area contributed by atoms with Gasteiger partial charge in [0.05, 0.1) is 12.1 Å². The fourth-order valence-corrected chi connectivity index (χ4v) is 2.98. The van der Waals surface area contributed by atoms with Gasteiger partial charge in [-0.2, -0.15) is 0 Å². The smallest absolute Gasteiger partial charge is 0.325 e. The lowest BCUT2D eigenvalue weighted by molar-refractivity contribution is -0.115. The van der Waals surface area contributed by atoms with Crippen LogP contribution >= 0.6 is 0 Å². The Labute approximate surface area is 149 Å². The quantitative estimate of drug-likeness (QED) is 0.773. The number of hydrogen-bond donors (Lipinski definition) is 1. The molecule has 134 valence electrons. The summed E-state index contributed by atoms with van der Waals surface area (Å²) in [6.07, 6.45) is 1.74. The van der Waals surface area contributed by atoms with Gasteiger partial charge < -0.3 is 5.32 Å². The van der Waals surface area contributed by atoms with E-state index in [0.29, 0.717) is 11.3 Å². The summed E-state index contributed by atoms with van der Waals surface area (Å²) in [4.78, 5) is 41.4. The van der Waals surface area contributed by atoms with Crippen LogP contribution in [0.3, 0.4) is 0 Å². The standard InChI is InChI=1S/C19H20N4O3/c1-11-6-5-7-13(8-11)9-14(24)21-16-12(2)10-20-17-15(16)18(25)23(4)19(26)22(17)3/h5-8,10H,9H2,1-4H3,(H,20,21,24). The van der Waals surface area contributed by atoms with Crippen LogP contribution in [-0.2, 0) is 25.3 Å². The van der Waals surface area contributed by atoms with Crippen molar-refractivity contribution in [3.05, 3.63) is 68.0 Å². The molecule has 3 aromatic rings. The molecule has 0 spiro atoms. The Balaban J connectivity index is 2.07. The molecule has 1 amide bonds. The first-order valence-corrected chi connectivity index (χ1v) is 8.20. The van der Waals surface area contributed by atoms with E-state index in [1.165, 1.54) is 11.6 Å². The number of benzene rings is 1. The molecule has 0 aliphatic rings. The molecule has 26 heavy (non-hydrogen) atoms. The average molecular weight is 352 g/mol. The lowest BCUT2D eigenvalue weighted by Gasteiger charge is -2.14. The summed E-state index contributed by atoms with van der Waals surface area (Å²) in [7, 11) is 2.95. The summed E-state index contributed by atoms with van der Waals surface area (Å²) < 4.78 is 2.31. The first kappa shape index (κ1) is 17.6. The van der Waals surface area contributed by atoms with Crippen molar-refractivity contribution in [2.24, 2.45) is 14.1 Å². The van der Waals surface area contributed by atoms with Gasteiger partial charge in [0.1, 0.15) is 5.39 Å². The Kier molecular flexibility index (Phi) is 4.46. The zero-order valence-corrected chi connectivity index (χ0v) is 15.2. The maximum Gasteiger partial charge on any atom is 0.332 e. The molecule has 0 radical (unpaired) electrons. The molecule has 0 fully saturated rings. The predicted molar refractivity (Wildman–Crippen MR) is 100 cm³/mol. The molecule has 3 rings (SSSR count). The molecule has 0 aliphatic carbocycles. The van der Waals surface area contributed by atoms with Crippen LogP contribution in [0.5, 0.6) is 0 Å². The Morgan fingerprint density at radius 3 is 2.58 bits per heavy atom. The number of nitrogens with one attached hydrogen (secondary N) is 1. The Morgan fingerprint density at radius 1 is 1.15 bits per heavy atom. The highest BCUT2D eigenvalue weighted by molar-refractivity contribution is 6.01. The minimum absolute atomic E-state index is 0.191. The molecular formula is C19H20N4O3. The number of carbonyl (C=O) groups excluding carboxylic acids is 1. The van der Waals surface area contributed by atoms with E-state index < -0.39 is 11.2 Å². The van der Waals surface area contributed by atoms with Crippen molar-refractivity contribution < 1.29 is 4.79 Å². The topological polar surface area (TPSA) is 86.0 Å². The maximum atomic E-state index is 12.6. The fourth-order valence-electron chi connectivity index (χ4n) is 2.98. The Morgan fingerprint density at radius 2 is 1.88 bits per heavy atom. The molecule has 0 saturated carbocycles. The highest BCUT2D eigenvalue weighted by Crippen LogP contribution is 2.22. The molecule has 1 aromatic carbocycles. The molecule has 2 aromatic heterocycles. The number of anilines is 1. The minimum Gasteiger partial charge on any atom is -0.325 e. The average Bonchev–Trinajstić information content (AvgIpc) is 2.59. The molecule has 0 atom stereocenters. The van der Waals surface area contributed by atoms with Crippen molar-refractivity contribution in [1.82, 2.24) is 14.1 Å². The van der Waals surface area contributed by atoms with Crippen LogP contribution in [0.4, 0.5) is 5.69 Å². The third kappa shape index (κ3) is 3.03. The van der Waals surface area contributed by atoms with Crippen LogP contribution < -0.4 is 16.6 Å². The number of rotatable bonds is 3. The van der Waals surface area contributed by atoms with Gasteiger partial charge in [-0.1, -0.05) is 29.8 Å². The molecule has 0 saturated heterocycles. The van der Waals surface area contributed by atoms with E-state index in [1.54, 1.807) is 20.2 Å². The van der Waals surface area contributed by atoms with Gasteiger partial charge in [-0.05, 0) is 25.0 Å². The molecule has 0 bridgehead atoms. The summed E-state index contributed by atoms with van der Waals surface area (Å²) in [5.41, 5.74) is 2.31. The lowest BCUT2D eigenvalue weighted by atomic mass is 10.1. The van der Waals surface area contributed by atoms with Crippen molar-refractivity contribution in [1.29, 1.82) is 0 Å². The van der Waals surface area contributed by atoms with E-state index >= 15 is 0 Å². The van der Waals surface area contributed by atoms with Crippen LogP contribution in [0.2, 0.25) is 0 Å².